The maximum atomic E-state index is 13.8. The van der Waals surface area contributed by atoms with Crippen molar-refractivity contribution in [1.29, 1.82) is 5.26 Å². The number of likely N-dealkylation sites (N-methyl/N-ethyl adjacent to an activating group) is 1. The zero-order valence-corrected chi connectivity index (χ0v) is 20.1. The van der Waals surface area contributed by atoms with Gasteiger partial charge in [-0.05, 0) is 72.6 Å². The zero-order chi connectivity index (χ0) is 25.9. The molecule has 3 aromatic carbocycles. The summed E-state index contributed by atoms with van der Waals surface area (Å²) in [6.45, 7) is 2.06. The van der Waals surface area contributed by atoms with Gasteiger partial charge in [0.15, 0.2) is 6.19 Å². The first-order valence-electron chi connectivity index (χ1n) is 11.8. The lowest BCUT2D eigenvalue weighted by atomic mass is 9.92. The standard InChI is InChI=1S/C23H14F2N4O.C5H11NO/c24-15-2-4-17-14(9-15)11-30-22-10-16(25)3-5-18(22)19(17)7-13-1-6-20-21(8-13)29-23(28-20)27-12-26;1-6-3-2-5(7)4-6/h1-10H,11H2,(H2,27,28,29);5,7H,2-4H2,1H3/b19-7+;. The first-order valence-corrected chi connectivity index (χ1v) is 11.8. The Morgan fingerprint density at radius 1 is 1.14 bits per heavy atom. The number of aromatic amines is 1. The van der Waals surface area contributed by atoms with Gasteiger partial charge in [0.25, 0.3) is 0 Å². The van der Waals surface area contributed by atoms with Gasteiger partial charge in [0, 0.05) is 30.3 Å². The van der Waals surface area contributed by atoms with Gasteiger partial charge in [-0.3, -0.25) is 5.32 Å². The second-order valence-electron chi connectivity index (χ2n) is 9.09. The van der Waals surface area contributed by atoms with Crippen molar-refractivity contribution >= 4 is 28.6 Å². The highest BCUT2D eigenvalue weighted by Gasteiger charge is 2.20. The van der Waals surface area contributed by atoms with Crippen molar-refractivity contribution < 1.29 is 18.6 Å². The van der Waals surface area contributed by atoms with Crippen LogP contribution in [0, 0.1) is 23.1 Å². The maximum absolute atomic E-state index is 13.8. The van der Waals surface area contributed by atoms with Crippen LogP contribution in [0.5, 0.6) is 5.75 Å². The zero-order valence-electron chi connectivity index (χ0n) is 20.1. The second-order valence-corrected chi connectivity index (χ2v) is 9.09. The average molecular weight is 502 g/mol. The molecule has 188 valence electrons. The van der Waals surface area contributed by atoms with Crippen LogP contribution in [0.3, 0.4) is 0 Å². The molecule has 9 heteroatoms. The number of fused-ring (bicyclic) bond motifs is 3. The second kappa shape index (κ2) is 10.4. The molecule has 0 aliphatic carbocycles. The molecule has 1 aromatic heterocycles. The number of ether oxygens (including phenoxy) is 1. The number of benzene rings is 3. The first-order chi connectivity index (χ1) is 17.9. The quantitative estimate of drug-likeness (QED) is 0.267. The Kier molecular flexibility index (Phi) is 6.86. The van der Waals surface area contributed by atoms with E-state index in [1.165, 1.54) is 24.3 Å². The SMILES string of the molecule is CN1CCC(O)C1.N#CNc1nc2ccc(/C=C3\c4ccc(F)cc4COc4cc(F)ccc43)cc2[nH]1. The number of halogens is 2. The molecule has 0 spiro atoms. The molecule has 6 rings (SSSR count). The van der Waals surface area contributed by atoms with E-state index in [1.54, 1.807) is 12.1 Å². The van der Waals surface area contributed by atoms with Crippen LogP contribution in [0.1, 0.15) is 28.7 Å². The summed E-state index contributed by atoms with van der Waals surface area (Å²) >= 11 is 0. The molecular formula is C28H25F2N5O2. The Labute approximate surface area is 212 Å². The molecule has 2 aliphatic rings. The van der Waals surface area contributed by atoms with Crippen molar-refractivity contribution in [3.05, 3.63) is 88.5 Å². The summed E-state index contributed by atoms with van der Waals surface area (Å²) in [5.74, 6) is 0.00895. The summed E-state index contributed by atoms with van der Waals surface area (Å²) in [4.78, 5) is 9.45. The number of nitrogens with zero attached hydrogens (tertiary/aromatic N) is 3. The largest absolute Gasteiger partial charge is 0.488 e. The molecule has 2 aliphatic heterocycles. The number of nitrogens with one attached hydrogen (secondary N) is 2. The Hall–Kier alpha value is -4.26. The van der Waals surface area contributed by atoms with E-state index in [-0.39, 0.29) is 18.5 Å². The number of H-pyrrole nitrogens is 1. The molecule has 1 fully saturated rings. The minimum atomic E-state index is -0.401. The number of aromatic nitrogens is 2. The van der Waals surface area contributed by atoms with E-state index in [0.717, 1.165) is 47.3 Å². The van der Waals surface area contributed by atoms with Gasteiger partial charge in [-0.15, -0.1) is 0 Å². The number of imidazole rings is 1. The van der Waals surface area contributed by atoms with Gasteiger partial charge in [-0.2, -0.15) is 5.26 Å². The number of β-amino-alcohol motifs (C(OH)–C–C–N with tert-alkyl or cyclic N) is 1. The minimum absolute atomic E-state index is 0.0509. The maximum Gasteiger partial charge on any atom is 0.214 e. The van der Waals surface area contributed by atoms with Crippen LogP contribution in [0.4, 0.5) is 14.7 Å². The number of rotatable bonds is 2. The molecule has 3 N–H and O–H groups in total. The van der Waals surface area contributed by atoms with Crippen molar-refractivity contribution in [2.24, 2.45) is 0 Å². The fourth-order valence-electron chi connectivity index (χ4n) is 4.55. The van der Waals surface area contributed by atoms with Gasteiger partial charge in [0.2, 0.25) is 5.95 Å². The lowest BCUT2D eigenvalue weighted by molar-refractivity contribution is 0.183. The fraction of sp³-hybridized carbons (Fsp3) is 0.214. The summed E-state index contributed by atoms with van der Waals surface area (Å²) in [5, 5.41) is 20.1. The average Bonchev–Trinajstić information content (AvgIpc) is 3.42. The third-order valence-electron chi connectivity index (χ3n) is 6.33. The third-order valence-corrected chi connectivity index (χ3v) is 6.33. The Morgan fingerprint density at radius 3 is 2.62 bits per heavy atom. The van der Waals surface area contributed by atoms with Crippen LogP contribution in [0.25, 0.3) is 22.7 Å². The molecular weight excluding hydrogens is 476 g/mol. The molecule has 1 saturated heterocycles. The van der Waals surface area contributed by atoms with Crippen molar-refractivity contribution in [1.82, 2.24) is 14.9 Å². The number of nitriles is 1. The van der Waals surface area contributed by atoms with Crippen molar-refractivity contribution in [3.63, 3.8) is 0 Å². The molecule has 0 bridgehead atoms. The van der Waals surface area contributed by atoms with Crippen molar-refractivity contribution in [2.75, 3.05) is 25.5 Å². The number of anilines is 1. The van der Waals surface area contributed by atoms with Gasteiger partial charge < -0.3 is 19.7 Å². The highest BCUT2D eigenvalue weighted by atomic mass is 19.1. The highest BCUT2D eigenvalue weighted by molar-refractivity contribution is 5.96. The van der Waals surface area contributed by atoms with Gasteiger partial charge in [0.1, 0.15) is 24.0 Å². The number of hydrogen-bond donors (Lipinski definition) is 3. The lowest BCUT2D eigenvalue weighted by Crippen LogP contribution is -2.15. The molecule has 1 atom stereocenters. The van der Waals surface area contributed by atoms with Crippen LogP contribution >= 0.6 is 0 Å². The summed E-state index contributed by atoms with van der Waals surface area (Å²) in [6, 6.07) is 14.6. The monoisotopic (exact) mass is 501 g/mol. The summed E-state index contributed by atoms with van der Waals surface area (Å²) in [6.07, 6.45) is 4.68. The third kappa shape index (κ3) is 5.45. The van der Waals surface area contributed by atoms with Crippen LogP contribution in [-0.2, 0) is 6.61 Å². The molecule has 7 nitrogen and oxygen atoms in total. The molecule has 1 unspecified atom stereocenters. The normalized spacial score (nSPS) is 17.7. The topological polar surface area (TPSA) is 97.2 Å². The van der Waals surface area contributed by atoms with E-state index in [0.29, 0.717) is 22.8 Å². The van der Waals surface area contributed by atoms with Gasteiger partial charge in [-0.25, -0.2) is 13.8 Å². The van der Waals surface area contributed by atoms with Crippen LogP contribution < -0.4 is 10.1 Å². The Morgan fingerprint density at radius 2 is 1.92 bits per heavy atom. The number of aliphatic hydroxyl groups is 1. The molecule has 3 heterocycles. The van der Waals surface area contributed by atoms with Crippen molar-refractivity contribution in [2.45, 2.75) is 19.1 Å². The fourth-order valence-corrected chi connectivity index (χ4v) is 4.55. The van der Waals surface area contributed by atoms with E-state index in [9.17, 15) is 8.78 Å². The van der Waals surface area contributed by atoms with Crippen LogP contribution in [0.15, 0.2) is 54.6 Å². The van der Waals surface area contributed by atoms with Gasteiger partial charge >= 0.3 is 0 Å². The summed E-state index contributed by atoms with van der Waals surface area (Å²) < 4.78 is 33.4. The number of likely N-dealkylation sites (tertiary alicyclic amines) is 1. The summed E-state index contributed by atoms with van der Waals surface area (Å²) in [5.41, 5.74) is 5.34. The minimum Gasteiger partial charge on any atom is -0.488 e. The van der Waals surface area contributed by atoms with Crippen LogP contribution in [0.2, 0.25) is 0 Å². The highest BCUT2D eigenvalue weighted by Crippen LogP contribution is 2.38. The Bertz CT molecular complexity index is 1460. The number of hydrogen-bond acceptors (Lipinski definition) is 6. The Balaban J connectivity index is 0.000000348. The first kappa shape index (κ1) is 24.4. The smallest absolute Gasteiger partial charge is 0.214 e. The molecule has 0 amide bonds. The van der Waals surface area contributed by atoms with Crippen molar-refractivity contribution in [3.8, 4) is 11.9 Å². The number of aliphatic hydroxyl groups excluding tert-OH is 1. The molecule has 37 heavy (non-hydrogen) atoms. The van der Waals surface area contributed by atoms with E-state index in [2.05, 4.69) is 20.2 Å². The predicted molar refractivity (Wildman–Crippen MR) is 138 cm³/mol. The van der Waals surface area contributed by atoms with Gasteiger partial charge in [-0.1, -0.05) is 12.1 Å². The van der Waals surface area contributed by atoms with Gasteiger partial charge in [0.05, 0.1) is 17.1 Å². The van der Waals surface area contributed by atoms with E-state index >= 15 is 0 Å². The molecule has 4 aromatic rings. The molecule has 0 saturated carbocycles. The summed E-state index contributed by atoms with van der Waals surface area (Å²) in [7, 11) is 2.02. The van der Waals surface area contributed by atoms with Crippen LogP contribution in [-0.4, -0.2) is 46.2 Å². The molecule has 0 radical (unpaired) electrons. The van der Waals surface area contributed by atoms with E-state index in [4.69, 9.17) is 15.1 Å². The van der Waals surface area contributed by atoms with E-state index < -0.39 is 5.82 Å². The lowest BCUT2D eigenvalue weighted by Gasteiger charge is -2.11. The van der Waals surface area contributed by atoms with E-state index in [1.807, 2.05) is 37.5 Å². The predicted octanol–water partition coefficient (Wildman–Crippen LogP) is 4.90.